The maximum Gasteiger partial charge on any atom is 0.232 e. The summed E-state index contributed by atoms with van der Waals surface area (Å²) in [6.07, 6.45) is 3.52. The Morgan fingerprint density at radius 3 is 2.41 bits per heavy atom. The number of carbonyl (C=O) groups excluding carboxylic acids is 1. The van der Waals surface area contributed by atoms with Crippen LogP contribution in [0.3, 0.4) is 0 Å². The van der Waals surface area contributed by atoms with Crippen LogP contribution >= 0.6 is 0 Å². The number of carbonyl (C=O) groups is 1. The van der Waals surface area contributed by atoms with Crippen molar-refractivity contribution in [1.82, 2.24) is 10.1 Å². The smallest absolute Gasteiger partial charge is 0.232 e. The quantitative estimate of drug-likeness (QED) is 0.567. The predicted octanol–water partition coefficient (Wildman–Crippen LogP) is 5.08. The predicted molar refractivity (Wildman–Crippen MR) is 115 cm³/mol. The SMILES string of the molecule is Cc1cc(C)cc(C2(C(=O)N(C)CCCc3cc(-c4ccccc4)no3)CC2)c1. The van der Waals surface area contributed by atoms with Gasteiger partial charge in [0.15, 0.2) is 0 Å². The first-order valence-electron chi connectivity index (χ1n) is 10.3. The average Bonchev–Trinajstić information content (AvgIpc) is 3.39. The van der Waals surface area contributed by atoms with Gasteiger partial charge in [-0.2, -0.15) is 0 Å². The first-order valence-corrected chi connectivity index (χ1v) is 10.3. The summed E-state index contributed by atoms with van der Waals surface area (Å²) in [6, 6.07) is 18.5. The van der Waals surface area contributed by atoms with Gasteiger partial charge in [-0.1, -0.05) is 64.8 Å². The lowest BCUT2D eigenvalue weighted by Crippen LogP contribution is -2.37. The van der Waals surface area contributed by atoms with E-state index in [1.807, 2.05) is 48.3 Å². The van der Waals surface area contributed by atoms with Crippen LogP contribution in [0.25, 0.3) is 11.3 Å². The molecule has 150 valence electrons. The van der Waals surface area contributed by atoms with E-state index in [0.717, 1.165) is 42.7 Å². The number of amides is 1. The Kier molecular flexibility index (Phi) is 5.27. The van der Waals surface area contributed by atoms with E-state index in [9.17, 15) is 4.79 Å². The van der Waals surface area contributed by atoms with Crippen molar-refractivity contribution in [2.24, 2.45) is 0 Å². The maximum absolute atomic E-state index is 13.2. The third kappa shape index (κ3) is 4.12. The van der Waals surface area contributed by atoms with Gasteiger partial charge in [0, 0.05) is 31.6 Å². The Morgan fingerprint density at radius 2 is 1.76 bits per heavy atom. The molecule has 0 unspecified atom stereocenters. The van der Waals surface area contributed by atoms with Crippen molar-refractivity contribution in [2.75, 3.05) is 13.6 Å². The number of benzene rings is 2. The first-order chi connectivity index (χ1) is 14.0. The fraction of sp³-hybridized carbons (Fsp3) is 0.360. The van der Waals surface area contributed by atoms with Crippen molar-refractivity contribution in [1.29, 1.82) is 0 Å². The minimum atomic E-state index is -0.307. The summed E-state index contributed by atoms with van der Waals surface area (Å²) in [6.45, 7) is 4.91. The Bertz CT molecular complexity index is 982. The van der Waals surface area contributed by atoms with E-state index < -0.39 is 0 Å². The maximum atomic E-state index is 13.2. The van der Waals surface area contributed by atoms with Crippen LogP contribution in [0.2, 0.25) is 0 Å². The second kappa shape index (κ2) is 7.86. The third-order valence-electron chi connectivity index (χ3n) is 5.83. The third-order valence-corrected chi connectivity index (χ3v) is 5.83. The molecule has 29 heavy (non-hydrogen) atoms. The van der Waals surface area contributed by atoms with Gasteiger partial charge in [-0.15, -0.1) is 0 Å². The zero-order valence-electron chi connectivity index (χ0n) is 17.4. The van der Waals surface area contributed by atoms with Crippen LogP contribution in [0.1, 0.15) is 41.7 Å². The minimum Gasteiger partial charge on any atom is -0.361 e. The number of rotatable bonds is 7. The molecule has 0 bridgehead atoms. The highest BCUT2D eigenvalue weighted by atomic mass is 16.5. The summed E-state index contributed by atoms with van der Waals surface area (Å²) in [7, 11) is 1.92. The lowest BCUT2D eigenvalue weighted by molar-refractivity contribution is -0.132. The monoisotopic (exact) mass is 388 g/mol. The summed E-state index contributed by atoms with van der Waals surface area (Å²) < 4.78 is 5.48. The van der Waals surface area contributed by atoms with E-state index in [1.54, 1.807) is 0 Å². The topological polar surface area (TPSA) is 46.3 Å². The van der Waals surface area contributed by atoms with E-state index in [-0.39, 0.29) is 11.3 Å². The molecule has 4 rings (SSSR count). The van der Waals surface area contributed by atoms with Crippen molar-refractivity contribution in [3.05, 3.63) is 77.0 Å². The molecule has 0 radical (unpaired) electrons. The summed E-state index contributed by atoms with van der Waals surface area (Å²) in [5, 5.41) is 4.17. The normalized spacial score (nSPS) is 14.6. The van der Waals surface area contributed by atoms with Crippen molar-refractivity contribution in [3.63, 3.8) is 0 Å². The highest BCUT2D eigenvalue weighted by Gasteiger charge is 2.52. The fourth-order valence-corrected chi connectivity index (χ4v) is 4.14. The number of aromatic nitrogens is 1. The number of nitrogens with zero attached hydrogens (tertiary/aromatic N) is 2. The van der Waals surface area contributed by atoms with Crippen LogP contribution in [-0.2, 0) is 16.6 Å². The number of likely N-dealkylation sites (N-methyl/N-ethyl adjacent to an activating group) is 1. The lowest BCUT2D eigenvalue weighted by atomic mass is 9.91. The van der Waals surface area contributed by atoms with E-state index in [2.05, 4.69) is 37.2 Å². The van der Waals surface area contributed by atoms with E-state index in [1.165, 1.54) is 16.7 Å². The summed E-state index contributed by atoms with van der Waals surface area (Å²) in [5.41, 5.74) is 5.23. The van der Waals surface area contributed by atoms with E-state index in [0.29, 0.717) is 6.54 Å². The molecule has 0 N–H and O–H groups in total. The molecular formula is C25H28N2O2. The Morgan fingerprint density at radius 1 is 1.07 bits per heavy atom. The highest BCUT2D eigenvalue weighted by molar-refractivity contribution is 5.91. The standard InChI is InChI=1S/C25H28N2O2/c1-18-14-19(2)16-21(15-18)25(11-12-25)24(28)27(3)13-7-10-22-17-23(26-29-22)20-8-5-4-6-9-20/h4-6,8-9,14-17H,7,10-13H2,1-3H3. The molecule has 1 aliphatic rings. The average molecular weight is 389 g/mol. The zero-order chi connectivity index (χ0) is 20.4. The largest absolute Gasteiger partial charge is 0.361 e. The second-order valence-electron chi connectivity index (χ2n) is 8.33. The van der Waals surface area contributed by atoms with Crippen LogP contribution in [0.4, 0.5) is 0 Å². The van der Waals surface area contributed by atoms with Crippen molar-refractivity contribution >= 4 is 5.91 Å². The molecule has 3 aromatic rings. The van der Waals surface area contributed by atoms with Gasteiger partial charge in [0.1, 0.15) is 11.5 Å². The molecule has 1 aliphatic carbocycles. The Hall–Kier alpha value is -2.88. The Balaban J connectivity index is 1.35. The van der Waals surface area contributed by atoms with Gasteiger partial charge in [0.2, 0.25) is 5.91 Å². The molecule has 0 aliphatic heterocycles. The summed E-state index contributed by atoms with van der Waals surface area (Å²) >= 11 is 0. The summed E-state index contributed by atoms with van der Waals surface area (Å²) in [5.74, 6) is 1.10. The molecule has 4 nitrogen and oxygen atoms in total. The lowest BCUT2D eigenvalue weighted by Gasteiger charge is -2.24. The number of hydrogen-bond donors (Lipinski definition) is 0. The minimum absolute atomic E-state index is 0.241. The fourth-order valence-electron chi connectivity index (χ4n) is 4.14. The van der Waals surface area contributed by atoms with Gasteiger partial charge >= 0.3 is 0 Å². The zero-order valence-corrected chi connectivity index (χ0v) is 17.4. The molecular weight excluding hydrogens is 360 g/mol. The van der Waals surface area contributed by atoms with Gasteiger partial charge in [-0.25, -0.2) is 0 Å². The van der Waals surface area contributed by atoms with Crippen molar-refractivity contribution in [2.45, 2.75) is 44.9 Å². The molecule has 2 aromatic carbocycles. The molecule has 1 saturated carbocycles. The summed E-state index contributed by atoms with van der Waals surface area (Å²) in [4.78, 5) is 15.1. The van der Waals surface area contributed by atoms with Crippen molar-refractivity contribution in [3.8, 4) is 11.3 Å². The van der Waals surface area contributed by atoms with Crippen LogP contribution in [0.15, 0.2) is 59.1 Å². The van der Waals surface area contributed by atoms with E-state index in [4.69, 9.17) is 4.52 Å². The second-order valence-corrected chi connectivity index (χ2v) is 8.33. The first kappa shape index (κ1) is 19.4. The number of hydrogen-bond acceptors (Lipinski definition) is 3. The van der Waals surface area contributed by atoms with Gasteiger partial charge in [0.25, 0.3) is 0 Å². The molecule has 1 amide bonds. The van der Waals surface area contributed by atoms with Crippen LogP contribution in [0, 0.1) is 13.8 Å². The van der Waals surface area contributed by atoms with Crippen molar-refractivity contribution < 1.29 is 9.32 Å². The van der Waals surface area contributed by atoms with E-state index >= 15 is 0 Å². The molecule has 0 saturated heterocycles. The van der Waals surface area contributed by atoms with Crippen LogP contribution in [0.5, 0.6) is 0 Å². The van der Waals surface area contributed by atoms with Gasteiger partial charge in [-0.3, -0.25) is 4.79 Å². The highest BCUT2D eigenvalue weighted by Crippen LogP contribution is 2.50. The molecule has 1 aromatic heterocycles. The molecule has 1 heterocycles. The molecule has 4 heteroatoms. The molecule has 1 fully saturated rings. The molecule has 0 spiro atoms. The van der Waals surface area contributed by atoms with Crippen LogP contribution in [-0.4, -0.2) is 29.6 Å². The molecule has 0 atom stereocenters. The van der Waals surface area contributed by atoms with Gasteiger partial charge < -0.3 is 9.42 Å². The Labute approximate surface area is 172 Å². The number of aryl methyl sites for hydroxylation is 3. The van der Waals surface area contributed by atoms with Gasteiger partial charge in [-0.05, 0) is 38.7 Å². The van der Waals surface area contributed by atoms with Gasteiger partial charge in [0.05, 0.1) is 5.41 Å². The van der Waals surface area contributed by atoms with Crippen LogP contribution < -0.4 is 0 Å².